The summed E-state index contributed by atoms with van der Waals surface area (Å²) in [6.07, 6.45) is 0. The van der Waals surface area contributed by atoms with Crippen LogP contribution < -0.4 is 9.47 Å². The van der Waals surface area contributed by atoms with Crippen LogP contribution in [-0.4, -0.2) is 51.2 Å². The van der Waals surface area contributed by atoms with Crippen LogP contribution in [0.4, 0.5) is 0 Å². The number of amides is 1. The summed E-state index contributed by atoms with van der Waals surface area (Å²) in [5.74, 6) is 0.267. The molecule has 6 nitrogen and oxygen atoms in total. The summed E-state index contributed by atoms with van der Waals surface area (Å²) in [4.78, 5) is 24.9. The summed E-state index contributed by atoms with van der Waals surface area (Å²) >= 11 is 0. The fraction of sp³-hybridized carbons (Fsp3) is 0.429. The monoisotopic (exact) mass is 281 g/mol. The molecule has 20 heavy (non-hydrogen) atoms. The zero-order chi connectivity index (χ0) is 15.1. The van der Waals surface area contributed by atoms with E-state index in [9.17, 15) is 9.59 Å². The molecule has 0 bridgehead atoms. The molecule has 0 heterocycles. The first-order valence-corrected chi connectivity index (χ1v) is 6.16. The normalized spacial score (nSPS) is 9.80. The van der Waals surface area contributed by atoms with Crippen molar-refractivity contribution >= 4 is 11.9 Å². The predicted octanol–water partition coefficient (Wildman–Crippen LogP) is 1.34. The molecule has 0 saturated heterocycles. The number of benzene rings is 1. The highest BCUT2D eigenvalue weighted by Gasteiger charge is 2.17. The van der Waals surface area contributed by atoms with Gasteiger partial charge >= 0.3 is 5.97 Å². The van der Waals surface area contributed by atoms with Crippen LogP contribution in [0.1, 0.15) is 17.3 Å². The zero-order valence-corrected chi connectivity index (χ0v) is 12.1. The van der Waals surface area contributed by atoms with E-state index in [1.165, 1.54) is 26.2 Å². The number of rotatable bonds is 6. The highest BCUT2D eigenvalue weighted by molar-refractivity contribution is 5.96. The maximum Gasteiger partial charge on any atom is 0.325 e. The Kier molecular flexibility index (Phi) is 5.83. The number of carbonyl (C=O) groups is 2. The Labute approximate surface area is 118 Å². The molecule has 1 aromatic rings. The van der Waals surface area contributed by atoms with E-state index in [0.29, 0.717) is 17.1 Å². The average Bonchev–Trinajstić information content (AvgIpc) is 2.45. The summed E-state index contributed by atoms with van der Waals surface area (Å²) in [5, 5.41) is 0. The van der Waals surface area contributed by atoms with Crippen molar-refractivity contribution in [1.82, 2.24) is 4.90 Å². The summed E-state index contributed by atoms with van der Waals surface area (Å²) in [5.41, 5.74) is 0.382. The molecular weight excluding hydrogens is 262 g/mol. The first-order chi connectivity index (χ1) is 9.51. The molecular formula is C14H19NO5. The number of esters is 1. The van der Waals surface area contributed by atoms with Crippen molar-refractivity contribution in [3.8, 4) is 11.5 Å². The lowest BCUT2D eigenvalue weighted by Crippen LogP contribution is -2.33. The maximum absolute atomic E-state index is 12.2. The summed E-state index contributed by atoms with van der Waals surface area (Å²) in [6.45, 7) is 1.90. The Hall–Kier alpha value is -2.24. The Morgan fingerprint density at radius 1 is 1.10 bits per heavy atom. The fourth-order valence-corrected chi connectivity index (χ4v) is 1.62. The van der Waals surface area contributed by atoms with Crippen LogP contribution in [0.25, 0.3) is 0 Å². The van der Waals surface area contributed by atoms with Crippen molar-refractivity contribution in [2.75, 3.05) is 34.4 Å². The number of methoxy groups -OCH3 is 2. The smallest absolute Gasteiger partial charge is 0.325 e. The number of carbonyl (C=O) groups excluding carboxylic acids is 2. The molecule has 1 rings (SSSR count). The van der Waals surface area contributed by atoms with Crippen molar-refractivity contribution in [3.05, 3.63) is 23.8 Å². The molecule has 0 atom stereocenters. The van der Waals surface area contributed by atoms with Gasteiger partial charge in [-0.2, -0.15) is 0 Å². The van der Waals surface area contributed by atoms with E-state index < -0.39 is 5.97 Å². The Balaban J connectivity index is 2.87. The first-order valence-electron chi connectivity index (χ1n) is 6.16. The first kappa shape index (κ1) is 15.8. The van der Waals surface area contributed by atoms with Crippen LogP contribution in [0.2, 0.25) is 0 Å². The Morgan fingerprint density at radius 2 is 1.65 bits per heavy atom. The average molecular weight is 281 g/mol. The van der Waals surface area contributed by atoms with E-state index in [-0.39, 0.29) is 19.1 Å². The lowest BCUT2D eigenvalue weighted by Gasteiger charge is -2.17. The number of hydrogen-bond donors (Lipinski definition) is 0. The molecule has 0 aliphatic heterocycles. The molecule has 0 aromatic heterocycles. The molecule has 0 aliphatic carbocycles. The van der Waals surface area contributed by atoms with Gasteiger partial charge in [0.15, 0.2) is 0 Å². The van der Waals surface area contributed by atoms with Crippen molar-refractivity contribution in [2.24, 2.45) is 0 Å². The van der Waals surface area contributed by atoms with Gasteiger partial charge in [-0.25, -0.2) is 0 Å². The van der Waals surface area contributed by atoms with Crippen LogP contribution in [0.5, 0.6) is 11.5 Å². The molecule has 0 N–H and O–H groups in total. The molecule has 0 fully saturated rings. The highest BCUT2D eigenvalue weighted by atomic mass is 16.5. The second kappa shape index (κ2) is 7.37. The van der Waals surface area contributed by atoms with Gasteiger partial charge < -0.3 is 19.1 Å². The molecule has 0 unspecified atom stereocenters. The van der Waals surface area contributed by atoms with E-state index in [1.54, 1.807) is 25.1 Å². The van der Waals surface area contributed by atoms with Gasteiger partial charge in [-0.3, -0.25) is 9.59 Å². The standard InChI is InChI=1S/C14H19NO5/c1-5-20-13(16)9-15(2)14(17)10-6-11(18-3)8-12(7-10)19-4/h6-8H,5,9H2,1-4H3. The van der Waals surface area contributed by atoms with Gasteiger partial charge in [-0.05, 0) is 19.1 Å². The lowest BCUT2D eigenvalue weighted by atomic mass is 10.1. The van der Waals surface area contributed by atoms with Gasteiger partial charge in [-0.1, -0.05) is 0 Å². The fourth-order valence-electron chi connectivity index (χ4n) is 1.62. The molecule has 0 radical (unpaired) electrons. The maximum atomic E-state index is 12.2. The quantitative estimate of drug-likeness (QED) is 0.736. The SMILES string of the molecule is CCOC(=O)CN(C)C(=O)c1cc(OC)cc(OC)c1. The molecule has 0 saturated carbocycles. The molecule has 6 heteroatoms. The molecule has 1 amide bonds. The van der Waals surface area contributed by atoms with E-state index in [0.717, 1.165) is 0 Å². The highest BCUT2D eigenvalue weighted by Crippen LogP contribution is 2.23. The minimum atomic E-state index is -0.446. The minimum Gasteiger partial charge on any atom is -0.497 e. The summed E-state index contributed by atoms with van der Waals surface area (Å²) in [7, 11) is 4.54. The minimum absolute atomic E-state index is 0.105. The van der Waals surface area contributed by atoms with Crippen molar-refractivity contribution in [2.45, 2.75) is 6.92 Å². The van der Waals surface area contributed by atoms with E-state index in [2.05, 4.69) is 0 Å². The number of nitrogens with zero attached hydrogens (tertiary/aromatic N) is 1. The van der Waals surface area contributed by atoms with Crippen LogP contribution in [-0.2, 0) is 9.53 Å². The number of likely N-dealkylation sites (N-methyl/N-ethyl adjacent to an activating group) is 1. The van der Waals surface area contributed by atoms with Crippen molar-refractivity contribution in [3.63, 3.8) is 0 Å². The number of ether oxygens (including phenoxy) is 3. The van der Waals surface area contributed by atoms with E-state index >= 15 is 0 Å². The molecule has 0 spiro atoms. The van der Waals surface area contributed by atoms with E-state index in [4.69, 9.17) is 14.2 Å². The summed E-state index contributed by atoms with van der Waals surface area (Å²) in [6, 6.07) is 4.85. The van der Waals surface area contributed by atoms with Gasteiger partial charge in [0.2, 0.25) is 0 Å². The molecule has 110 valence electrons. The van der Waals surface area contributed by atoms with Gasteiger partial charge in [0, 0.05) is 18.7 Å². The van der Waals surface area contributed by atoms with Gasteiger partial charge in [0.25, 0.3) is 5.91 Å². The Bertz CT molecular complexity index is 464. The third-order valence-corrected chi connectivity index (χ3v) is 2.62. The van der Waals surface area contributed by atoms with Gasteiger partial charge in [0.05, 0.1) is 20.8 Å². The van der Waals surface area contributed by atoms with Crippen LogP contribution in [0.15, 0.2) is 18.2 Å². The van der Waals surface area contributed by atoms with Gasteiger partial charge in [-0.15, -0.1) is 0 Å². The van der Waals surface area contributed by atoms with Gasteiger partial charge in [0.1, 0.15) is 18.0 Å². The predicted molar refractivity (Wildman–Crippen MR) is 73.1 cm³/mol. The van der Waals surface area contributed by atoms with Crippen molar-refractivity contribution < 1.29 is 23.8 Å². The summed E-state index contributed by atoms with van der Waals surface area (Å²) < 4.78 is 15.0. The van der Waals surface area contributed by atoms with E-state index in [1.807, 2.05) is 0 Å². The van der Waals surface area contributed by atoms with Crippen LogP contribution in [0.3, 0.4) is 0 Å². The third kappa shape index (κ3) is 4.15. The Morgan fingerprint density at radius 3 is 2.10 bits per heavy atom. The molecule has 0 aliphatic rings. The van der Waals surface area contributed by atoms with Crippen LogP contribution >= 0.6 is 0 Å². The number of hydrogen-bond acceptors (Lipinski definition) is 5. The largest absolute Gasteiger partial charge is 0.497 e. The molecule has 1 aromatic carbocycles. The zero-order valence-electron chi connectivity index (χ0n) is 12.1. The lowest BCUT2D eigenvalue weighted by molar-refractivity contribution is -0.143. The van der Waals surface area contributed by atoms with Crippen LogP contribution in [0, 0.1) is 0 Å². The second-order valence-electron chi connectivity index (χ2n) is 4.07. The van der Waals surface area contributed by atoms with Crippen molar-refractivity contribution in [1.29, 1.82) is 0 Å². The second-order valence-corrected chi connectivity index (χ2v) is 4.07. The third-order valence-electron chi connectivity index (χ3n) is 2.62. The topological polar surface area (TPSA) is 65.1 Å².